The van der Waals surface area contributed by atoms with Crippen LogP contribution < -0.4 is 0 Å². The summed E-state index contributed by atoms with van der Waals surface area (Å²) in [7, 11) is 0. The predicted octanol–water partition coefficient (Wildman–Crippen LogP) is 3.72. The molecular formula is C11H10BrClO. The average molecular weight is 274 g/mol. The summed E-state index contributed by atoms with van der Waals surface area (Å²) in [5.74, 6) is 0. The van der Waals surface area contributed by atoms with Crippen molar-refractivity contribution in [1.82, 2.24) is 0 Å². The van der Waals surface area contributed by atoms with Gasteiger partial charge in [0.2, 0.25) is 0 Å². The maximum Gasteiger partial charge on any atom is 0.120 e. The SMILES string of the molecule is O=CCC1(c2ccc(Br)cc2Cl)CC1. The summed E-state index contributed by atoms with van der Waals surface area (Å²) in [6.45, 7) is 0. The molecule has 1 nitrogen and oxygen atoms in total. The van der Waals surface area contributed by atoms with Crippen molar-refractivity contribution < 1.29 is 4.79 Å². The van der Waals surface area contributed by atoms with Crippen LogP contribution in [0.4, 0.5) is 0 Å². The maximum atomic E-state index is 10.6. The molecule has 0 saturated heterocycles. The van der Waals surface area contributed by atoms with Gasteiger partial charge in [-0.3, -0.25) is 0 Å². The van der Waals surface area contributed by atoms with Crippen molar-refractivity contribution in [2.75, 3.05) is 0 Å². The number of rotatable bonds is 3. The molecule has 1 aromatic rings. The molecule has 0 atom stereocenters. The van der Waals surface area contributed by atoms with E-state index in [-0.39, 0.29) is 5.41 Å². The van der Waals surface area contributed by atoms with Gasteiger partial charge in [-0.25, -0.2) is 0 Å². The van der Waals surface area contributed by atoms with E-state index in [2.05, 4.69) is 15.9 Å². The maximum absolute atomic E-state index is 10.6. The number of hydrogen-bond donors (Lipinski definition) is 0. The molecule has 0 amide bonds. The van der Waals surface area contributed by atoms with Crippen LogP contribution in [0.25, 0.3) is 0 Å². The van der Waals surface area contributed by atoms with Crippen LogP contribution in [0.1, 0.15) is 24.8 Å². The molecule has 74 valence electrons. The Hall–Kier alpha value is -0.340. The molecule has 1 saturated carbocycles. The first-order chi connectivity index (χ1) is 6.68. The van der Waals surface area contributed by atoms with Gasteiger partial charge in [0.1, 0.15) is 6.29 Å². The standard InChI is InChI=1S/C11H10BrClO/c12-8-1-2-9(10(13)7-8)11(3-4-11)5-6-14/h1-2,6-7H,3-5H2. The van der Waals surface area contributed by atoms with Crippen molar-refractivity contribution in [3.8, 4) is 0 Å². The van der Waals surface area contributed by atoms with Crippen LogP contribution in [-0.2, 0) is 10.2 Å². The summed E-state index contributed by atoms with van der Waals surface area (Å²) in [6, 6.07) is 5.89. The Morgan fingerprint density at radius 3 is 2.71 bits per heavy atom. The largest absolute Gasteiger partial charge is 0.303 e. The smallest absolute Gasteiger partial charge is 0.120 e. The van der Waals surface area contributed by atoms with Gasteiger partial charge in [0.15, 0.2) is 0 Å². The molecule has 0 radical (unpaired) electrons. The van der Waals surface area contributed by atoms with E-state index in [1.54, 1.807) is 0 Å². The summed E-state index contributed by atoms with van der Waals surface area (Å²) in [6.07, 6.45) is 3.74. The van der Waals surface area contributed by atoms with Crippen molar-refractivity contribution in [3.05, 3.63) is 33.3 Å². The average Bonchev–Trinajstić information content (AvgIpc) is 2.86. The second-order valence-corrected chi connectivity index (χ2v) is 5.10. The van der Waals surface area contributed by atoms with Crippen molar-refractivity contribution in [3.63, 3.8) is 0 Å². The fraction of sp³-hybridized carbons (Fsp3) is 0.364. The second kappa shape index (κ2) is 3.67. The summed E-state index contributed by atoms with van der Waals surface area (Å²) in [4.78, 5) is 10.6. The number of carbonyl (C=O) groups excluding carboxylic acids is 1. The molecule has 0 unspecified atom stereocenters. The normalized spacial score (nSPS) is 17.9. The van der Waals surface area contributed by atoms with Gasteiger partial charge in [0.25, 0.3) is 0 Å². The highest BCUT2D eigenvalue weighted by Gasteiger charge is 2.44. The van der Waals surface area contributed by atoms with Gasteiger partial charge in [0, 0.05) is 21.3 Å². The lowest BCUT2D eigenvalue weighted by molar-refractivity contribution is -0.108. The third-order valence-corrected chi connectivity index (χ3v) is 3.64. The van der Waals surface area contributed by atoms with Crippen molar-refractivity contribution in [1.29, 1.82) is 0 Å². The Bertz CT molecular complexity index is 372. The zero-order chi connectivity index (χ0) is 10.2. The molecule has 0 spiro atoms. The molecule has 1 aromatic carbocycles. The van der Waals surface area contributed by atoms with E-state index in [0.717, 1.165) is 34.2 Å². The highest BCUT2D eigenvalue weighted by molar-refractivity contribution is 9.10. The number of hydrogen-bond acceptors (Lipinski definition) is 1. The Balaban J connectivity index is 2.36. The van der Waals surface area contributed by atoms with Gasteiger partial charge in [0.05, 0.1) is 0 Å². The lowest BCUT2D eigenvalue weighted by atomic mass is 9.93. The van der Waals surface area contributed by atoms with E-state index in [9.17, 15) is 4.79 Å². The predicted molar refractivity (Wildman–Crippen MR) is 60.7 cm³/mol. The highest BCUT2D eigenvalue weighted by Crippen LogP contribution is 2.52. The zero-order valence-corrected chi connectivity index (χ0v) is 9.94. The Morgan fingerprint density at radius 1 is 1.50 bits per heavy atom. The fourth-order valence-corrected chi connectivity index (χ4v) is 2.69. The van der Waals surface area contributed by atoms with E-state index in [1.807, 2.05) is 18.2 Å². The Labute approximate surface area is 96.6 Å². The van der Waals surface area contributed by atoms with E-state index in [1.165, 1.54) is 0 Å². The molecule has 0 aromatic heterocycles. The third-order valence-electron chi connectivity index (χ3n) is 2.83. The van der Waals surface area contributed by atoms with E-state index >= 15 is 0 Å². The van der Waals surface area contributed by atoms with Crippen LogP contribution >= 0.6 is 27.5 Å². The van der Waals surface area contributed by atoms with E-state index in [0.29, 0.717) is 6.42 Å². The Morgan fingerprint density at radius 2 is 2.21 bits per heavy atom. The first-order valence-corrected chi connectivity index (χ1v) is 5.74. The zero-order valence-electron chi connectivity index (χ0n) is 7.59. The molecular weight excluding hydrogens is 263 g/mol. The van der Waals surface area contributed by atoms with Gasteiger partial charge in [-0.2, -0.15) is 0 Å². The fourth-order valence-electron chi connectivity index (χ4n) is 1.81. The second-order valence-electron chi connectivity index (χ2n) is 3.78. The summed E-state index contributed by atoms with van der Waals surface area (Å²) in [5.41, 5.74) is 1.17. The molecule has 1 aliphatic carbocycles. The van der Waals surface area contributed by atoms with Crippen LogP contribution in [0, 0.1) is 0 Å². The highest BCUT2D eigenvalue weighted by atomic mass is 79.9. The molecule has 1 fully saturated rings. The van der Waals surface area contributed by atoms with Crippen LogP contribution in [0.5, 0.6) is 0 Å². The van der Waals surface area contributed by atoms with E-state index in [4.69, 9.17) is 11.6 Å². The molecule has 0 bridgehead atoms. The molecule has 0 heterocycles. The first-order valence-electron chi connectivity index (χ1n) is 4.57. The Kier molecular flexibility index (Phi) is 2.67. The molecule has 0 aliphatic heterocycles. The van der Waals surface area contributed by atoms with Gasteiger partial charge in [-0.1, -0.05) is 33.6 Å². The van der Waals surface area contributed by atoms with Gasteiger partial charge < -0.3 is 4.79 Å². The number of carbonyl (C=O) groups is 1. The lowest BCUT2D eigenvalue weighted by Gasteiger charge is -2.14. The topological polar surface area (TPSA) is 17.1 Å². The van der Waals surface area contributed by atoms with Crippen molar-refractivity contribution in [2.24, 2.45) is 0 Å². The number of benzene rings is 1. The van der Waals surface area contributed by atoms with Crippen molar-refractivity contribution in [2.45, 2.75) is 24.7 Å². The third kappa shape index (κ3) is 1.73. The van der Waals surface area contributed by atoms with Crippen LogP contribution in [0.15, 0.2) is 22.7 Å². The summed E-state index contributed by atoms with van der Waals surface area (Å²) >= 11 is 9.51. The minimum Gasteiger partial charge on any atom is -0.303 e. The number of halogens is 2. The summed E-state index contributed by atoms with van der Waals surface area (Å²) < 4.78 is 0.980. The van der Waals surface area contributed by atoms with Gasteiger partial charge in [-0.15, -0.1) is 0 Å². The monoisotopic (exact) mass is 272 g/mol. The van der Waals surface area contributed by atoms with Crippen LogP contribution in [-0.4, -0.2) is 6.29 Å². The van der Waals surface area contributed by atoms with Crippen molar-refractivity contribution >= 4 is 33.8 Å². The minimum absolute atomic E-state index is 0.0551. The van der Waals surface area contributed by atoms with Gasteiger partial charge >= 0.3 is 0 Å². The first kappa shape index (κ1) is 10.2. The molecule has 1 aliphatic rings. The summed E-state index contributed by atoms with van der Waals surface area (Å²) in [5, 5.41) is 0.763. The quantitative estimate of drug-likeness (QED) is 0.767. The molecule has 3 heteroatoms. The molecule has 14 heavy (non-hydrogen) atoms. The molecule has 2 rings (SSSR count). The van der Waals surface area contributed by atoms with E-state index < -0.39 is 0 Å². The van der Waals surface area contributed by atoms with Crippen LogP contribution in [0.3, 0.4) is 0 Å². The van der Waals surface area contributed by atoms with Gasteiger partial charge in [-0.05, 0) is 30.5 Å². The van der Waals surface area contributed by atoms with Crippen LogP contribution in [0.2, 0.25) is 5.02 Å². The molecule has 0 N–H and O–H groups in total. The number of aldehydes is 1. The minimum atomic E-state index is 0.0551. The lowest BCUT2D eigenvalue weighted by Crippen LogP contribution is -2.07.